The molecule has 1 atom stereocenters. The molecule has 0 radical (unpaired) electrons. The molecule has 1 aromatic heterocycles. The Balaban J connectivity index is 1.79. The van der Waals surface area contributed by atoms with Crippen molar-refractivity contribution in [1.82, 2.24) is 5.32 Å². The zero-order valence-electron chi connectivity index (χ0n) is 11.0. The molecule has 1 amide bonds. The van der Waals surface area contributed by atoms with E-state index in [1.54, 1.807) is 12.1 Å². The number of amides is 1. The van der Waals surface area contributed by atoms with E-state index in [2.05, 4.69) is 18.3 Å². The summed E-state index contributed by atoms with van der Waals surface area (Å²) in [5, 5.41) is 3.13. The van der Waals surface area contributed by atoms with E-state index in [1.165, 1.54) is 11.8 Å². The summed E-state index contributed by atoms with van der Waals surface area (Å²) in [4.78, 5) is 14.0. The highest BCUT2D eigenvalue weighted by Crippen LogP contribution is 2.31. The summed E-state index contributed by atoms with van der Waals surface area (Å²) in [6.45, 7) is 2.09. The molecule has 2 aromatic rings. The Labute approximate surface area is 122 Å². The van der Waals surface area contributed by atoms with Crippen LogP contribution in [0, 0.1) is 0 Å². The van der Waals surface area contributed by atoms with Crippen LogP contribution in [0.3, 0.4) is 0 Å². The fraction of sp³-hybridized carbons (Fsp3) is 0.200. The van der Waals surface area contributed by atoms with Gasteiger partial charge in [-0.05, 0) is 49.3 Å². The van der Waals surface area contributed by atoms with Crippen LogP contribution in [0.5, 0.6) is 0 Å². The number of carbonyl (C=O) groups excluding carboxylic acids is 1. The van der Waals surface area contributed by atoms with E-state index in [4.69, 9.17) is 16.6 Å². The number of hydrogen-bond acceptors (Lipinski definition) is 3. The van der Waals surface area contributed by atoms with Gasteiger partial charge in [-0.1, -0.05) is 18.2 Å². The van der Waals surface area contributed by atoms with Crippen LogP contribution in [0.4, 0.5) is 5.69 Å². The monoisotopic (exact) mass is 286 g/mol. The Kier molecular flexibility index (Phi) is 3.28. The predicted molar refractivity (Wildman–Crippen MR) is 80.9 cm³/mol. The maximum atomic E-state index is 12.0. The topological polar surface area (TPSA) is 45.5 Å². The van der Waals surface area contributed by atoms with Gasteiger partial charge in [0.1, 0.15) is 0 Å². The van der Waals surface area contributed by atoms with Gasteiger partial charge < -0.3 is 9.32 Å². The summed E-state index contributed by atoms with van der Waals surface area (Å²) < 4.78 is 5.06. The number of carbonyl (C=O) groups is 1. The van der Waals surface area contributed by atoms with Crippen molar-refractivity contribution in [2.24, 2.45) is 0 Å². The standard InChI is InChI=1S/C15H14N2O2S/c1-10-9-11-5-2-3-6-12(11)17(10)15(20)16-14(18)13-7-4-8-19-13/h2-8,10H,9H2,1H3,(H,16,18,20)/t10-/m1/s1. The Morgan fingerprint density at radius 1 is 1.35 bits per heavy atom. The minimum Gasteiger partial charge on any atom is -0.459 e. The third kappa shape index (κ3) is 2.20. The van der Waals surface area contributed by atoms with Gasteiger partial charge in [-0.15, -0.1) is 0 Å². The van der Waals surface area contributed by atoms with Crippen LogP contribution in [-0.4, -0.2) is 17.1 Å². The van der Waals surface area contributed by atoms with Gasteiger partial charge in [-0.25, -0.2) is 0 Å². The summed E-state index contributed by atoms with van der Waals surface area (Å²) >= 11 is 5.37. The number of furan rings is 1. The van der Waals surface area contributed by atoms with Gasteiger partial charge in [0, 0.05) is 11.7 Å². The number of para-hydroxylation sites is 1. The smallest absolute Gasteiger partial charge is 0.293 e. The summed E-state index contributed by atoms with van der Waals surface area (Å²) in [5.74, 6) is -0.0657. The largest absolute Gasteiger partial charge is 0.459 e. The molecule has 3 rings (SSSR count). The molecule has 0 saturated heterocycles. The van der Waals surface area contributed by atoms with Crippen LogP contribution in [0.2, 0.25) is 0 Å². The first-order valence-electron chi connectivity index (χ1n) is 6.43. The molecule has 2 heterocycles. The summed E-state index contributed by atoms with van der Waals surface area (Å²) in [6, 6.07) is 11.6. The van der Waals surface area contributed by atoms with Crippen molar-refractivity contribution in [2.45, 2.75) is 19.4 Å². The summed E-state index contributed by atoms with van der Waals surface area (Å²) in [5.41, 5.74) is 2.30. The molecule has 4 nitrogen and oxygen atoms in total. The molecule has 1 N–H and O–H groups in total. The van der Waals surface area contributed by atoms with Crippen molar-refractivity contribution in [1.29, 1.82) is 0 Å². The number of benzene rings is 1. The highest BCUT2D eigenvalue weighted by Gasteiger charge is 2.29. The van der Waals surface area contributed by atoms with Crippen LogP contribution in [0.15, 0.2) is 47.1 Å². The molecule has 0 aliphatic carbocycles. The predicted octanol–water partition coefficient (Wildman–Crippen LogP) is 2.75. The average Bonchev–Trinajstić information content (AvgIpc) is 3.04. The van der Waals surface area contributed by atoms with E-state index < -0.39 is 0 Å². The van der Waals surface area contributed by atoms with Crippen LogP contribution in [0.25, 0.3) is 0 Å². The zero-order chi connectivity index (χ0) is 14.1. The zero-order valence-corrected chi connectivity index (χ0v) is 11.8. The average molecular weight is 286 g/mol. The second-order valence-electron chi connectivity index (χ2n) is 4.79. The van der Waals surface area contributed by atoms with Gasteiger partial charge in [-0.3, -0.25) is 10.1 Å². The molecule has 0 fully saturated rings. The molecule has 1 aliphatic heterocycles. The number of fused-ring (bicyclic) bond motifs is 1. The van der Waals surface area contributed by atoms with Crippen molar-refractivity contribution in [3.05, 3.63) is 54.0 Å². The molecule has 1 aliphatic rings. The first-order valence-corrected chi connectivity index (χ1v) is 6.83. The van der Waals surface area contributed by atoms with Gasteiger partial charge in [0.15, 0.2) is 10.9 Å². The number of thiocarbonyl (C=S) groups is 1. The molecule has 20 heavy (non-hydrogen) atoms. The first-order chi connectivity index (χ1) is 9.66. The van der Waals surface area contributed by atoms with Crippen LogP contribution < -0.4 is 10.2 Å². The van der Waals surface area contributed by atoms with Gasteiger partial charge in [0.25, 0.3) is 5.91 Å². The van der Waals surface area contributed by atoms with E-state index >= 15 is 0 Å². The van der Waals surface area contributed by atoms with Crippen LogP contribution in [0.1, 0.15) is 23.0 Å². The molecule has 1 aromatic carbocycles. The van der Waals surface area contributed by atoms with E-state index in [9.17, 15) is 4.79 Å². The number of rotatable bonds is 1. The quantitative estimate of drug-likeness (QED) is 0.819. The third-order valence-corrected chi connectivity index (χ3v) is 3.69. The minimum absolute atomic E-state index is 0.233. The van der Waals surface area contributed by atoms with Gasteiger partial charge in [-0.2, -0.15) is 0 Å². The normalized spacial score (nSPS) is 16.9. The lowest BCUT2D eigenvalue weighted by Crippen LogP contribution is -2.45. The molecular weight excluding hydrogens is 272 g/mol. The molecule has 5 heteroatoms. The van der Waals surface area contributed by atoms with Crippen molar-refractivity contribution >= 4 is 28.9 Å². The van der Waals surface area contributed by atoms with Crippen molar-refractivity contribution in [3.8, 4) is 0 Å². The lowest BCUT2D eigenvalue weighted by atomic mass is 10.1. The Morgan fingerprint density at radius 3 is 2.90 bits per heavy atom. The third-order valence-electron chi connectivity index (χ3n) is 3.39. The fourth-order valence-electron chi connectivity index (χ4n) is 2.50. The molecular formula is C15H14N2O2S. The van der Waals surface area contributed by atoms with E-state index in [0.29, 0.717) is 5.11 Å². The maximum Gasteiger partial charge on any atom is 0.293 e. The SMILES string of the molecule is C[C@@H]1Cc2ccccc2N1C(=S)NC(=O)c1ccco1. The maximum absolute atomic E-state index is 12.0. The van der Waals surface area contributed by atoms with Crippen LogP contribution >= 0.6 is 12.2 Å². The number of nitrogens with one attached hydrogen (secondary N) is 1. The van der Waals surface area contributed by atoms with Gasteiger partial charge in [0.05, 0.1) is 6.26 Å². The number of anilines is 1. The Bertz CT molecular complexity index is 652. The Morgan fingerprint density at radius 2 is 2.15 bits per heavy atom. The van der Waals surface area contributed by atoms with Crippen LogP contribution in [-0.2, 0) is 6.42 Å². The minimum atomic E-state index is -0.323. The second kappa shape index (κ2) is 5.09. The van der Waals surface area contributed by atoms with Crippen molar-refractivity contribution < 1.29 is 9.21 Å². The van der Waals surface area contributed by atoms with Gasteiger partial charge in [0.2, 0.25) is 0 Å². The number of hydrogen-bond donors (Lipinski definition) is 1. The molecule has 0 unspecified atom stereocenters. The molecule has 0 bridgehead atoms. The fourth-order valence-corrected chi connectivity index (χ4v) is 2.87. The highest BCUT2D eigenvalue weighted by molar-refractivity contribution is 7.80. The molecule has 102 valence electrons. The highest BCUT2D eigenvalue weighted by atomic mass is 32.1. The van der Waals surface area contributed by atoms with Gasteiger partial charge >= 0.3 is 0 Å². The number of nitrogens with zero attached hydrogens (tertiary/aromatic N) is 1. The molecule has 0 saturated carbocycles. The second-order valence-corrected chi connectivity index (χ2v) is 5.18. The molecule has 0 spiro atoms. The van der Waals surface area contributed by atoms with E-state index in [-0.39, 0.29) is 17.7 Å². The summed E-state index contributed by atoms with van der Waals surface area (Å²) in [6.07, 6.45) is 2.39. The summed E-state index contributed by atoms with van der Waals surface area (Å²) in [7, 11) is 0. The lowest BCUT2D eigenvalue weighted by Gasteiger charge is -2.25. The first kappa shape index (κ1) is 12.9. The Hall–Kier alpha value is -2.14. The van der Waals surface area contributed by atoms with E-state index in [0.717, 1.165) is 12.1 Å². The van der Waals surface area contributed by atoms with Crippen molar-refractivity contribution in [3.63, 3.8) is 0 Å². The van der Waals surface area contributed by atoms with Crippen molar-refractivity contribution in [2.75, 3.05) is 4.90 Å². The lowest BCUT2D eigenvalue weighted by molar-refractivity contribution is 0.0950. The van der Waals surface area contributed by atoms with E-state index in [1.807, 2.05) is 23.1 Å².